The number of methoxy groups -OCH3 is 1. The maximum Gasteiger partial charge on any atom is 0.338 e. The van der Waals surface area contributed by atoms with Crippen molar-refractivity contribution in [3.8, 4) is 5.75 Å². The molecule has 1 saturated heterocycles. The van der Waals surface area contributed by atoms with Gasteiger partial charge in [-0.15, -0.1) is 0 Å². The number of carbonyl (C=O) groups is 1. The molecule has 0 amide bonds. The Kier molecular flexibility index (Phi) is 9.71. The lowest BCUT2D eigenvalue weighted by atomic mass is 10.00. The van der Waals surface area contributed by atoms with Crippen LogP contribution in [0.4, 0.5) is 0 Å². The second kappa shape index (κ2) is 12.9. The lowest BCUT2D eigenvalue weighted by Crippen LogP contribution is -2.32. The van der Waals surface area contributed by atoms with Gasteiger partial charge in [0, 0.05) is 6.54 Å². The normalized spacial score (nSPS) is 14.9. The van der Waals surface area contributed by atoms with Crippen LogP contribution < -0.4 is 4.74 Å². The fraction of sp³-hybridized carbons (Fsp3) is 0.429. The Morgan fingerprint density at radius 3 is 2.59 bits per heavy atom. The number of nitrogens with zero attached hydrogens (tertiary/aromatic N) is 2. The topological polar surface area (TPSA) is 60.4 Å². The Morgan fingerprint density at radius 2 is 1.85 bits per heavy atom. The maximum absolute atomic E-state index is 12.2. The van der Waals surface area contributed by atoms with Gasteiger partial charge in [-0.2, -0.15) is 0 Å². The van der Waals surface area contributed by atoms with Crippen LogP contribution in [0, 0.1) is 13.8 Å². The van der Waals surface area contributed by atoms with Crippen LogP contribution >= 0.6 is 0 Å². The van der Waals surface area contributed by atoms with Gasteiger partial charge in [0.05, 0.1) is 18.9 Å². The number of aryl methyl sites for hydroxylation is 2. The van der Waals surface area contributed by atoms with Crippen LogP contribution in [-0.2, 0) is 21.0 Å². The summed E-state index contributed by atoms with van der Waals surface area (Å²) in [5, 5.41) is 4.17. The van der Waals surface area contributed by atoms with Crippen molar-refractivity contribution >= 4 is 17.8 Å². The highest BCUT2D eigenvalue weighted by Crippen LogP contribution is 2.26. The van der Waals surface area contributed by atoms with Crippen molar-refractivity contribution in [2.24, 2.45) is 5.16 Å². The lowest BCUT2D eigenvalue weighted by Gasteiger charge is -2.25. The van der Waals surface area contributed by atoms with Crippen LogP contribution in [0.3, 0.4) is 0 Å². The third kappa shape index (κ3) is 6.94. The molecule has 3 rings (SSSR count). The van der Waals surface area contributed by atoms with Gasteiger partial charge in [-0.05, 0) is 86.7 Å². The molecule has 0 radical (unpaired) electrons. The summed E-state index contributed by atoms with van der Waals surface area (Å²) in [5.74, 6) is 0.444. The van der Waals surface area contributed by atoms with Crippen LogP contribution in [0.25, 0.3) is 5.57 Å². The van der Waals surface area contributed by atoms with Gasteiger partial charge in [-0.3, -0.25) is 4.90 Å². The van der Waals surface area contributed by atoms with E-state index in [1.54, 1.807) is 12.3 Å². The highest BCUT2D eigenvalue weighted by molar-refractivity contribution is 6.16. The van der Waals surface area contributed by atoms with E-state index >= 15 is 0 Å². The Bertz CT molecular complexity index is 1020. The molecule has 0 atom stereocenters. The van der Waals surface area contributed by atoms with Gasteiger partial charge in [0.25, 0.3) is 0 Å². The van der Waals surface area contributed by atoms with E-state index in [1.165, 1.54) is 26.4 Å². The minimum Gasteiger partial charge on any atom is -0.489 e. The SMILES string of the molecule is CC=C(C(=O)OC)c1ccccc1COc1cc(C)c(C=NOCCN2CCCCC2)cc1C. The fourth-order valence-electron chi connectivity index (χ4n) is 4.16. The third-order valence-electron chi connectivity index (χ3n) is 6.16. The molecule has 0 N–H and O–H groups in total. The van der Waals surface area contributed by atoms with Crippen LogP contribution in [0.5, 0.6) is 5.75 Å². The molecule has 1 aliphatic heterocycles. The molecule has 2 aromatic carbocycles. The van der Waals surface area contributed by atoms with Crippen molar-refractivity contribution in [2.75, 3.05) is 33.4 Å². The predicted octanol–water partition coefficient (Wildman–Crippen LogP) is 5.30. The molecule has 0 aliphatic carbocycles. The lowest BCUT2D eigenvalue weighted by molar-refractivity contribution is -0.133. The number of hydrogen-bond donors (Lipinski definition) is 0. The number of oxime groups is 1. The van der Waals surface area contributed by atoms with Crippen LogP contribution in [0.2, 0.25) is 0 Å². The molecule has 2 aromatic rings. The van der Waals surface area contributed by atoms with Gasteiger partial charge in [0.2, 0.25) is 0 Å². The molecule has 6 nitrogen and oxygen atoms in total. The second-order valence-electron chi connectivity index (χ2n) is 8.58. The first-order valence-electron chi connectivity index (χ1n) is 12.0. The quantitative estimate of drug-likeness (QED) is 0.157. The molecule has 0 bridgehead atoms. The first kappa shape index (κ1) is 25.5. The zero-order valence-electron chi connectivity index (χ0n) is 20.8. The highest BCUT2D eigenvalue weighted by atomic mass is 16.6. The zero-order valence-corrected chi connectivity index (χ0v) is 20.8. The molecule has 34 heavy (non-hydrogen) atoms. The first-order valence-corrected chi connectivity index (χ1v) is 12.0. The average Bonchev–Trinajstić information content (AvgIpc) is 2.86. The summed E-state index contributed by atoms with van der Waals surface area (Å²) in [5.41, 5.74) is 5.34. The van der Waals surface area contributed by atoms with E-state index in [9.17, 15) is 4.79 Å². The summed E-state index contributed by atoms with van der Waals surface area (Å²) in [4.78, 5) is 20.1. The molecule has 0 spiro atoms. The molecule has 1 fully saturated rings. The standard InChI is InChI=1S/C28H36N2O4/c1-5-25(28(31)32-4)26-12-8-7-11-23(26)20-33-27-18-21(2)24(17-22(27)3)19-29-34-16-15-30-13-9-6-10-14-30/h5,7-8,11-12,17-19H,6,9-10,13-16,20H2,1-4H3. The van der Waals surface area contributed by atoms with Crippen molar-refractivity contribution in [1.82, 2.24) is 4.90 Å². The van der Waals surface area contributed by atoms with Gasteiger partial charge < -0.3 is 14.3 Å². The number of piperidine rings is 1. The van der Waals surface area contributed by atoms with E-state index in [1.807, 2.05) is 51.1 Å². The molecule has 182 valence electrons. The fourth-order valence-corrected chi connectivity index (χ4v) is 4.16. The second-order valence-corrected chi connectivity index (χ2v) is 8.58. The highest BCUT2D eigenvalue weighted by Gasteiger charge is 2.15. The Morgan fingerprint density at radius 1 is 1.09 bits per heavy atom. The number of rotatable bonds is 10. The summed E-state index contributed by atoms with van der Waals surface area (Å²) in [6.07, 6.45) is 7.44. The van der Waals surface area contributed by atoms with Gasteiger partial charge in [0.15, 0.2) is 0 Å². The van der Waals surface area contributed by atoms with Crippen LogP contribution in [0.1, 0.15) is 54.0 Å². The van der Waals surface area contributed by atoms with Crippen molar-refractivity contribution in [1.29, 1.82) is 0 Å². The summed E-state index contributed by atoms with van der Waals surface area (Å²) in [6, 6.07) is 11.8. The van der Waals surface area contributed by atoms with Crippen molar-refractivity contribution in [3.63, 3.8) is 0 Å². The number of likely N-dealkylation sites (tertiary alicyclic amines) is 1. The van der Waals surface area contributed by atoms with Crippen molar-refractivity contribution in [3.05, 3.63) is 70.3 Å². The van der Waals surface area contributed by atoms with Crippen LogP contribution in [0.15, 0.2) is 47.6 Å². The predicted molar refractivity (Wildman–Crippen MR) is 136 cm³/mol. The van der Waals surface area contributed by atoms with Crippen LogP contribution in [-0.4, -0.2) is 50.4 Å². The van der Waals surface area contributed by atoms with Gasteiger partial charge in [-0.1, -0.05) is 41.9 Å². The van der Waals surface area contributed by atoms with Crippen molar-refractivity contribution in [2.45, 2.75) is 46.6 Å². The maximum atomic E-state index is 12.2. The largest absolute Gasteiger partial charge is 0.489 e. The summed E-state index contributed by atoms with van der Waals surface area (Å²) in [6.45, 7) is 10.1. The minimum atomic E-state index is -0.358. The summed E-state index contributed by atoms with van der Waals surface area (Å²) < 4.78 is 11.1. The summed E-state index contributed by atoms with van der Waals surface area (Å²) >= 11 is 0. The Balaban J connectivity index is 1.61. The number of ether oxygens (including phenoxy) is 2. The number of hydrogen-bond acceptors (Lipinski definition) is 6. The van der Waals surface area contributed by atoms with Gasteiger partial charge >= 0.3 is 5.97 Å². The van der Waals surface area contributed by atoms with E-state index < -0.39 is 0 Å². The van der Waals surface area contributed by atoms with Gasteiger partial charge in [0.1, 0.15) is 19.0 Å². The van der Waals surface area contributed by atoms with E-state index in [2.05, 4.69) is 16.1 Å². The molecule has 0 unspecified atom stereocenters. The molecular weight excluding hydrogens is 428 g/mol. The molecule has 0 aromatic heterocycles. The average molecular weight is 465 g/mol. The van der Waals surface area contributed by atoms with Gasteiger partial charge in [-0.25, -0.2) is 4.79 Å². The zero-order chi connectivity index (χ0) is 24.3. The molecular formula is C28H36N2O4. The molecule has 1 heterocycles. The monoisotopic (exact) mass is 464 g/mol. The summed E-state index contributed by atoms with van der Waals surface area (Å²) in [7, 11) is 1.39. The minimum absolute atomic E-state index is 0.345. The number of allylic oxidation sites excluding steroid dienone is 1. The number of benzene rings is 2. The molecule has 0 saturated carbocycles. The third-order valence-corrected chi connectivity index (χ3v) is 6.16. The molecule has 1 aliphatic rings. The molecule has 6 heteroatoms. The van der Waals surface area contributed by atoms with E-state index in [-0.39, 0.29) is 5.97 Å². The number of carbonyl (C=O) groups excluding carboxylic acids is 1. The first-order chi connectivity index (χ1) is 16.5. The number of esters is 1. The smallest absolute Gasteiger partial charge is 0.338 e. The van der Waals surface area contributed by atoms with Crippen molar-refractivity contribution < 1.29 is 19.1 Å². The van der Waals surface area contributed by atoms with E-state index in [0.29, 0.717) is 18.8 Å². The Labute approximate surface area is 203 Å². The Hall–Kier alpha value is -3.12. The van der Waals surface area contributed by atoms with E-state index in [4.69, 9.17) is 14.3 Å². The van der Waals surface area contributed by atoms with E-state index in [0.717, 1.165) is 53.2 Å².